The van der Waals surface area contributed by atoms with E-state index in [0.29, 0.717) is 31.0 Å². The molecule has 1 saturated heterocycles. The lowest BCUT2D eigenvalue weighted by molar-refractivity contribution is -0.139. The van der Waals surface area contributed by atoms with E-state index in [1.54, 1.807) is 0 Å². The topological polar surface area (TPSA) is 49.6 Å². The number of likely N-dealkylation sites (N-methyl/N-ethyl adjacent to an activating group) is 1. The molecule has 2 N–H and O–H groups in total. The van der Waals surface area contributed by atoms with E-state index >= 15 is 0 Å². The van der Waals surface area contributed by atoms with E-state index in [2.05, 4.69) is 25.8 Å². The third kappa shape index (κ3) is 2.54. The van der Waals surface area contributed by atoms with E-state index in [0.717, 1.165) is 25.9 Å². The molecule has 0 aromatic carbocycles. The zero-order valence-corrected chi connectivity index (χ0v) is 12.0. The molecular weight excluding hydrogens is 226 g/mol. The summed E-state index contributed by atoms with van der Waals surface area (Å²) in [7, 11) is 2.14. The molecule has 1 aliphatic heterocycles. The van der Waals surface area contributed by atoms with Gasteiger partial charge in [-0.25, -0.2) is 0 Å². The third-order valence-electron chi connectivity index (χ3n) is 5.09. The molecule has 1 aliphatic carbocycles. The van der Waals surface area contributed by atoms with Gasteiger partial charge in [-0.1, -0.05) is 6.42 Å². The predicted molar refractivity (Wildman–Crippen MR) is 73.2 cm³/mol. The van der Waals surface area contributed by atoms with Crippen molar-refractivity contribution in [1.82, 2.24) is 9.80 Å². The number of rotatable bonds is 3. The van der Waals surface area contributed by atoms with Crippen molar-refractivity contribution in [2.24, 2.45) is 11.1 Å². The highest BCUT2D eigenvalue weighted by Crippen LogP contribution is 2.43. The van der Waals surface area contributed by atoms with Gasteiger partial charge in [0.05, 0.1) is 0 Å². The zero-order valence-electron chi connectivity index (χ0n) is 12.0. The molecule has 1 amide bonds. The number of piperazine rings is 1. The van der Waals surface area contributed by atoms with Gasteiger partial charge in [0, 0.05) is 31.6 Å². The maximum Gasteiger partial charge on any atom is 0.223 e. The Balaban J connectivity index is 1.93. The summed E-state index contributed by atoms with van der Waals surface area (Å²) in [6.07, 6.45) is 4.16. The SMILES string of the molecule is CC1CN(C(=O)CC2(CN)CCC2)CC(C)N1C. The molecule has 2 rings (SSSR count). The molecule has 0 spiro atoms. The first kappa shape index (κ1) is 13.8. The van der Waals surface area contributed by atoms with Crippen molar-refractivity contribution >= 4 is 5.91 Å². The third-order valence-corrected chi connectivity index (χ3v) is 5.09. The summed E-state index contributed by atoms with van der Waals surface area (Å²) in [5.74, 6) is 0.312. The molecule has 0 aromatic rings. The molecule has 4 heteroatoms. The molecule has 1 heterocycles. The van der Waals surface area contributed by atoms with Gasteiger partial charge in [-0.2, -0.15) is 0 Å². The zero-order chi connectivity index (χ0) is 13.3. The van der Waals surface area contributed by atoms with Crippen LogP contribution in [-0.2, 0) is 4.79 Å². The quantitative estimate of drug-likeness (QED) is 0.818. The van der Waals surface area contributed by atoms with Crippen LogP contribution in [0.3, 0.4) is 0 Å². The Labute approximate surface area is 110 Å². The standard InChI is InChI=1S/C14H27N3O/c1-11-8-17(9-12(2)16(11)3)13(18)7-14(10-15)5-4-6-14/h11-12H,4-10,15H2,1-3H3. The van der Waals surface area contributed by atoms with E-state index in [1.807, 2.05) is 4.90 Å². The summed E-state index contributed by atoms with van der Waals surface area (Å²) in [6, 6.07) is 0.904. The molecule has 2 unspecified atom stereocenters. The fourth-order valence-corrected chi connectivity index (χ4v) is 3.17. The van der Waals surface area contributed by atoms with Gasteiger partial charge >= 0.3 is 0 Å². The first-order valence-electron chi connectivity index (χ1n) is 7.17. The van der Waals surface area contributed by atoms with E-state index in [1.165, 1.54) is 6.42 Å². The molecule has 0 radical (unpaired) electrons. The summed E-state index contributed by atoms with van der Waals surface area (Å²) in [5, 5.41) is 0. The number of hydrogen-bond donors (Lipinski definition) is 1. The van der Waals surface area contributed by atoms with E-state index < -0.39 is 0 Å². The van der Waals surface area contributed by atoms with Gasteiger partial charge in [0.1, 0.15) is 0 Å². The largest absolute Gasteiger partial charge is 0.340 e. The monoisotopic (exact) mass is 253 g/mol. The fraction of sp³-hybridized carbons (Fsp3) is 0.929. The number of nitrogens with zero attached hydrogens (tertiary/aromatic N) is 2. The minimum atomic E-state index is 0.132. The van der Waals surface area contributed by atoms with Gasteiger partial charge < -0.3 is 10.6 Å². The van der Waals surface area contributed by atoms with Gasteiger partial charge in [0.25, 0.3) is 0 Å². The number of hydrogen-bond acceptors (Lipinski definition) is 3. The minimum Gasteiger partial charge on any atom is -0.340 e. The maximum atomic E-state index is 12.4. The molecule has 0 aromatic heterocycles. The van der Waals surface area contributed by atoms with E-state index in [9.17, 15) is 4.79 Å². The first-order chi connectivity index (χ1) is 8.47. The number of amides is 1. The molecule has 1 saturated carbocycles. The highest BCUT2D eigenvalue weighted by molar-refractivity contribution is 5.77. The minimum absolute atomic E-state index is 0.132. The highest BCUT2D eigenvalue weighted by Gasteiger charge is 2.39. The molecule has 2 fully saturated rings. The summed E-state index contributed by atoms with van der Waals surface area (Å²) in [6.45, 7) is 6.77. The fourth-order valence-electron chi connectivity index (χ4n) is 3.17. The molecular formula is C14H27N3O. The normalized spacial score (nSPS) is 32.1. The molecule has 2 aliphatic rings. The summed E-state index contributed by atoms with van der Waals surface area (Å²) < 4.78 is 0. The summed E-state index contributed by atoms with van der Waals surface area (Å²) in [5.41, 5.74) is 5.98. The summed E-state index contributed by atoms with van der Waals surface area (Å²) in [4.78, 5) is 16.8. The molecule has 4 nitrogen and oxygen atoms in total. The highest BCUT2D eigenvalue weighted by atomic mass is 16.2. The van der Waals surface area contributed by atoms with Gasteiger partial charge in [0.2, 0.25) is 5.91 Å². The van der Waals surface area contributed by atoms with Crippen molar-refractivity contribution in [3.63, 3.8) is 0 Å². The second-order valence-corrected chi connectivity index (χ2v) is 6.40. The first-order valence-corrected chi connectivity index (χ1v) is 7.17. The van der Waals surface area contributed by atoms with Gasteiger partial charge in [0.15, 0.2) is 0 Å². The average Bonchev–Trinajstić information content (AvgIpc) is 2.29. The Morgan fingerprint density at radius 1 is 1.28 bits per heavy atom. The van der Waals surface area contributed by atoms with Crippen LogP contribution in [-0.4, -0.2) is 54.5 Å². The van der Waals surface area contributed by atoms with Crippen molar-refractivity contribution in [1.29, 1.82) is 0 Å². The van der Waals surface area contributed by atoms with Gasteiger partial charge in [-0.3, -0.25) is 9.69 Å². The molecule has 104 valence electrons. The van der Waals surface area contributed by atoms with Crippen LogP contribution in [0, 0.1) is 5.41 Å². The number of carbonyl (C=O) groups is 1. The lowest BCUT2D eigenvalue weighted by Crippen LogP contribution is -2.57. The van der Waals surface area contributed by atoms with Gasteiger partial charge in [-0.05, 0) is 45.7 Å². The van der Waals surface area contributed by atoms with Crippen molar-refractivity contribution in [2.75, 3.05) is 26.7 Å². The smallest absolute Gasteiger partial charge is 0.223 e. The van der Waals surface area contributed by atoms with Crippen LogP contribution in [0.5, 0.6) is 0 Å². The Morgan fingerprint density at radius 2 is 1.83 bits per heavy atom. The van der Waals surface area contributed by atoms with Crippen LogP contribution in [0.2, 0.25) is 0 Å². The molecule has 2 atom stereocenters. The van der Waals surface area contributed by atoms with Crippen molar-refractivity contribution in [3.05, 3.63) is 0 Å². The van der Waals surface area contributed by atoms with Crippen LogP contribution in [0.4, 0.5) is 0 Å². The second kappa shape index (κ2) is 5.17. The summed E-state index contributed by atoms with van der Waals surface area (Å²) >= 11 is 0. The van der Waals surface area contributed by atoms with E-state index in [-0.39, 0.29) is 5.41 Å². The Kier molecular flexibility index (Phi) is 3.97. The number of nitrogens with two attached hydrogens (primary N) is 1. The molecule has 0 bridgehead atoms. The maximum absolute atomic E-state index is 12.4. The van der Waals surface area contributed by atoms with Crippen molar-refractivity contribution in [3.8, 4) is 0 Å². The van der Waals surface area contributed by atoms with Crippen LogP contribution in [0.15, 0.2) is 0 Å². The lowest BCUT2D eigenvalue weighted by Gasteiger charge is -2.45. The predicted octanol–water partition coefficient (Wildman–Crippen LogP) is 1.06. The Hall–Kier alpha value is -0.610. The lowest BCUT2D eigenvalue weighted by atomic mass is 9.66. The molecule has 18 heavy (non-hydrogen) atoms. The van der Waals surface area contributed by atoms with Crippen LogP contribution in [0.1, 0.15) is 39.5 Å². The van der Waals surface area contributed by atoms with Gasteiger partial charge in [-0.15, -0.1) is 0 Å². The van der Waals surface area contributed by atoms with Crippen molar-refractivity contribution < 1.29 is 4.79 Å². The average molecular weight is 253 g/mol. The van der Waals surface area contributed by atoms with E-state index in [4.69, 9.17) is 5.73 Å². The van der Waals surface area contributed by atoms with Crippen LogP contribution >= 0.6 is 0 Å². The van der Waals surface area contributed by atoms with Crippen molar-refractivity contribution in [2.45, 2.75) is 51.6 Å². The Bertz CT molecular complexity index is 297. The Morgan fingerprint density at radius 3 is 2.22 bits per heavy atom. The van der Waals surface area contributed by atoms with Crippen LogP contribution < -0.4 is 5.73 Å². The number of carbonyl (C=O) groups excluding carboxylic acids is 1. The van der Waals surface area contributed by atoms with Crippen LogP contribution in [0.25, 0.3) is 0 Å². The second-order valence-electron chi connectivity index (χ2n) is 6.40.